The van der Waals surface area contributed by atoms with Crippen LogP contribution in [0.4, 0.5) is 32.4 Å². The van der Waals surface area contributed by atoms with Gasteiger partial charge in [-0.1, -0.05) is 17.7 Å². The normalized spacial score (nSPS) is 16.6. The molecule has 2 aromatic carbocycles. The first-order valence-corrected chi connectivity index (χ1v) is 8.56. The van der Waals surface area contributed by atoms with E-state index in [9.17, 15) is 31.5 Å². The Morgan fingerprint density at radius 3 is 2.55 bits per heavy atom. The van der Waals surface area contributed by atoms with Gasteiger partial charge in [0.25, 0.3) is 0 Å². The van der Waals surface area contributed by atoms with E-state index in [1.807, 2.05) is 0 Å². The van der Waals surface area contributed by atoms with E-state index >= 15 is 0 Å². The topological polar surface area (TPSA) is 75.4 Å². The van der Waals surface area contributed by atoms with E-state index in [-0.39, 0.29) is 12.1 Å². The zero-order chi connectivity index (χ0) is 21.5. The highest BCUT2D eigenvalue weighted by molar-refractivity contribution is 6.30. The van der Waals surface area contributed by atoms with Gasteiger partial charge in [0.05, 0.1) is 22.8 Å². The molecule has 1 aliphatic heterocycles. The fraction of sp³-hybridized carbons (Fsp3) is 0.222. The molecule has 0 aromatic heterocycles. The molecule has 3 N–H and O–H groups in total. The second-order valence-electron chi connectivity index (χ2n) is 6.39. The number of hydrogen-bond donors (Lipinski definition) is 2. The molecule has 154 valence electrons. The van der Waals surface area contributed by atoms with Gasteiger partial charge in [0.1, 0.15) is 17.7 Å². The Kier molecular flexibility index (Phi) is 5.40. The Balaban J connectivity index is 2.07. The van der Waals surface area contributed by atoms with Crippen LogP contribution in [0.1, 0.15) is 16.7 Å². The molecule has 1 atom stereocenters. The third-order valence-corrected chi connectivity index (χ3v) is 4.68. The summed E-state index contributed by atoms with van der Waals surface area (Å²) in [4.78, 5) is 24.8. The summed E-state index contributed by atoms with van der Waals surface area (Å²) in [6.07, 6.45) is -4.81. The zero-order valence-corrected chi connectivity index (χ0v) is 15.2. The highest BCUT2D eigenvalue weighted by Crippen LogP contribution is 2.36. The summed E-state index contributed by atoms with van der Waals surface area (Å²) in [6, 6.07) is 2.30. The molecule has 0 fully saturated rings. The van der Waals surface area contributed by atoms with Crippen molar-refractivity contribution >= 4 is 29.2 Å². The lowest BCUT2D eigenvalue weighted by atomic mass is 9.96. The number of carbonyl (C=O) groups excluding carboxylic acids is 2. The number of anilines is 1. The summed E-state index contributed by atoms with van der Waals surface area (Å²) in [7, 11) is 0. The molecule has 0 spiro atoms. The van der Waals surface area contributed by atoms with Crippen molar-refractivity contribution in [3.63, 3.8) is 0 Å². The van der Waals surface area contributed by atoms with Gasteiger partial charge in [-0.15, -0.1) is 0 Å². The Hall–Kier alpha value is -2.88. The molecule has 1 heterocycles. The van der Waals surface area contributed by atoms with E-state index in [1.165, 1.54) is 6.07 Å². The van der Waals surface area contributed by atoms with Crippen molar-refractivity contribution in [3.8, 4) is 0 Å². The average molecular weight is 434 g/mol. The van der Waals surface area contributed by atoms with E-state index in [2.05, 4.69) is 5.32 Å². The number of primary amides is 1. The van der Waals surface area contributed by atoms with Gasteiger partial charge in [0, 0.05) is 12.0 Å². The van der Waals surface area contributed by atoms with Crippen molar-refractivity contribution in [3.05, 3.63) is 63.7 Å². The first kappa shape index (κ1) is 20.8. The van der Waals surface area contributed by atoms with E-state index in [0.717, 1.165) is 17.0 Å². The van der Waals surface area contributed by atoms with Gasteiger partial charge in [-0.25, -0.2) is 13.6 Å². The number of halogens is 6. The van der Waals surface area contributed by atoms with Crippen LogP contribution < -0.4 is 16.0 Å². The standard InChI is InChI=1S/C18H13ClF5N3O2/c19-12-5-10(18(22,23)24)3-9(15(12)21)7-27-14-6-11(20)2-1-8(14)4-13(16(27)28)26-17(25)29/h1-3,5-6,13H,4,7H2,(H3,25,26,29)/t13-/m1/s1. The highest BCUT2D eigenvalue weighted by atomic mass is 35.5. The van der Waals surface area contributed by atoms with Gasteiger partial charge in [-0.3, -0.25) is 4.79 Å². The number of hydrogen-bond acceptors (Lipinski definition) is 2. The molecule has 2 aromatic rings. The molecule has 0 radical (unpaired) electrons. The lowest BCUT2D eigenvalue weighted by molar-refractivity contribution is -0.137. The van der Waals surface area contributed by atoms with Crippen molar-refractivity contribution in [2.45, 2.75) is 25.2 Å². The Morgan fingerprint density at radius 1 is 1.24 bits per heavy atom. The summed E-state index contributed by atoms with van der Waals surface area (Å²) in [6.45, 7) is -0.665. The van der Waals surface area contributed by atoms with Crippen molar-refractivity contribution in [2.24, 2.45) is 5.73 Å². The number of nitrogens with two attached hydrogens (primary N) is 1. The maximum Gasteiger partial charge on any atom is 0.416 e. The first-order valence-electron chi connectivity index (χ1n) is 8.18. The minimum atomic E-state index is -4.79. The van der Waals surface area contributed by atoms with E-state index < -0.39 is 58.5 Å². The molecule has 3 amide bonds. The number of fused-ring (bicyclic) bond motifs is 1. The maximum absolute atomic E-state index is 14.4. The van der Waals surface area contributed by atoms with Crippen molar-refractivity contribution in [1.29, 1.82) is 0 Å². The molecule has 0 saturated heterocycles. The van der Waals surface area contributed by atoms with Crippen molar-refractivity contribution in [1.82, 2.24) is 5.32 Å². The minimum absolute atomic E-state index is 0.0142. The fourth-order valence-electron chi connectivity index (χ4n) is 3.12. The third kappa shape index (κ3) is 4.26. The molecule has 0 aliphatic carbocycles. The van der Waals surface area contributed by atoms with Crippen LogP contribution in [-0.4, -0.2) is 18.0 Å². The molecule has 0 saturated carbocycles. The summed E-state index contributed by atoms with van der Waals surface area (Å²) >= 11 is 5.59. The summed E-state index contributed by atoms with van der Waals surface area (Å²) in [5.41, 5.74) is 3.80. The molecular weight excluding hydrogens is 421 g/mol. The van der Waals surface area contributed by atoms with Gasteiger partial charge in [0.15, 0.2) is 0 Å². The van der Waals surface area contributed by atoms with Gasteiger partial charge in [-0.05, 0) is 29.8 Å². The third-order valence-electron chi connectivity index (χ3n) is 4.40. The number of benzene rings is 2. The quantitative estimate of drug-likeness (QED) is 0.723. The zero-order valence-electron chi connectivity index (χ0n) is 14.5. The minimum Gasteiger partial charge on any atom is -0.352 e. The van der Waals surface area contributed by atoms with Gasteiger partial charge in [0.2, 0.25) is 5.91 Å². The van der Waals surface area contributed by atoms with Crippen LogP contribution in [0.25, 0.3) is 0 Å². The molecule has 3 rings (SSSR count). The molecule has 0 bridgehead atoms. The summed E-state index contributed by atoms with van der Waals surface area (Å²) in [5.74, 6) is -2.63. The summed E-state index contributed by atoms with van der Waals surface area (Å²) < 4.78 is 67.3. The number of nitrogens with one attached hydrogen (secondary N) is 1. The number of alkyl halides is 3. The molecule has 5 nitrogen and oxygen atoms in total. The molecular formula is C18H13ClF5N3O2. The Morgan fingerprint density at radius 2 is 1.93 bits per heavy atom. The van der Waals surface area contributed by atoms with Gasteiger partial charge in [-0.2, -0.15) is 13.2 Å². The van der Waals surface area contributed by atoms with E-state index in [0.29, 0.717) is 17.7 Å². The van der Waals surface area contributed by atoms with Crippen LogP contribution in [0.5, 0.6) is 0 Å². The highest BCUT2D eigenvalue weighted by Gasteiger charge is 2.36. The van der Waals surface area contributed by atoms with Gasteiger partial charge >= 0.3 is 12.2 Å². The number of rotatable bonds is 3. The second-order valence-corrected chi connectivity index (χ2v) is 6.80. The van der Waals surface area contributed by atoms with Crippen LogP contribution in [0.3, 0.4) is 0 Å². The van der Waals surface area contributed by atoms with E-state index in [1.54, 1.807) is 0 Å². The van der Waals surface area contributed by atoms with Gasteiger partial charge < -0.3 is 16.0 Å². The number of amides is 3. The molecule has 0 unspecified atom stereocenters. The van der Waals surface area contributed by atoms with Crippen molar-refractivity contribution < 1.29 is 31.5 Å². The molecule has 29 heavy (non-hydrogen) atoms. The Bertz CT molecular complexity index is 996. The fourth-order valence-corrected chi connectivity index (χ4v) is 3.36. The number of carbonyl (C=O) groups is 2. The maximum atomic E-state index is 14.4. The Labute approximate surface area is 166 Å². The molecule has 11 heteroatoms. The SMILES string of the molecule is NC(=O)N[C@@H]1Cc2ccc(F)cc2N(Cc2cc(C(F)(F)F)cc(Cl)c2F)C1=O. The van der Waals surface area contributed by atoms with Crippen LogP contribution in [0, 0.1) is 11.6 Å². The average Bonchev–Trinajstić information content (AvgIpc) is 2.61. The van der Waals surface area contributed by atoms with Crippen LogP contribution in [-0.2, 0) is 23.9 Å². The second kappa shape index (κ2) is 7.51. The monoisotopic (exact) mass is 433 g/mol. The molecule has 1 aliphatic rings. The number of nitrogens with zero attached hydrogens (tertiary/aromatic N) is 1. The lowest BCUT2D eigenvalue weighted by Crippen LogP contribution is -2.53. The van der Waals surface area contributed by atoms with Crippen molar-refractivity contribution in [2.75, 3.05) is 4.90 Å². The number of urea groups is 1. The first-order chi connectivity index (χ1) is 13.5. The van der Waals surface area contributed by atoms with Crippen LogP contribution in [0.15, 0.2) is 30.3 Å². The smallest absolute Gasteiger partial charge is 0.352 e. The predicted molar refractivity (Wildman–Crippen MR) is 94.2 cm³/mol. The van der Waals surface area contributed by atoms with Crippen LogP contribution >= 0.6 is 11.6 Å². The largest absolute Gasteiger partial charge is 0.416 e. The van der Waals surface area contributed by atoms with E-state index in [4.69, 9.17) is 17.3 Å². The summed E-state index contributed by atoms with van der Waals surface area (Å²) in [5, 5.41) is 1.45. The predicted octanol–water partition coefficient (Wildman–Crippen LogP) is 3.76. The van der Waals surface area contributed by atoms with Crippen LogP contribution in [0.2, 0.25) is 5.02 Å². The lowest BCUT2D eigenvalue weighted by Gasteiger charge is -2.34.